The largest absolute Gasteiger partial charge is 0.475 e. The van der Waals surface area contributed by atoms with Crippen LogP contribution in [0, 0.1) is 11.3 Å². The fourth-order valence-corrected chi connectivity index (χ4v) is 5.54. The second-order valence-corrected chi connectivity index (χ2v) is 10.4. The van der Waals surface area contributed by atoms with Crippen LogP contribution in [0.2, 0.25) is 0 Å². The van der Waals surface area contributed by atoms with E-state index in [1.54, 1.807) is 6.07 Å². The molecule has 0 radical (unpaired) electrons. The number of nitriles is 1. The average Bonchev–Trinajstić information content (AvgIpc) is 3.43. The molecular weight excluding hydrogens is 559 g/mol. The van der Waals surface area contributed by atoms with E-state index in [-0.39, 0.29) is 25.3 Å². The molecule has 6 N–H and O–H groups in total. The first-order valence-corrected chi connectivity index (χ1v) is 13.4. The SMILES string of the molecule is N#CCCOP(=O)(OC[C@H]1O[C@@H](n2ccc(=O)[nH]c2=O)[C@H](O)[C@@H]1O)O[C@H]1C[C@H](n2ccc(N)nc2=O)O[C@@H]1CO. The van der Waals surface area contributed by atoms with Gasteiger partial charge >= 0.3 is 19.2 Å². The third kappa shape index (κ3) is 6.55. The van der Waals surface area contributed by atoms with Crippen LogP contribution in [0.25, 0.3) is 0 Å². The third-order valence-electron chi connectivity index (χ3n) is 6.11. The molecule has 0 saturated carbocycles. The highest BCUT2D eigenvalue weighted by Gasteiger charge is 2.47. The Balaban J connectivity index is 1.48. The number of nitrogens with two attached hydrogens (primary N) is 1. The first kappa shape index (κ1) is 29.7. The molecule has 1 unspecified atom stereocenters. The second kappa shape index (κ2) is 12.5. The highest BCUT2D eigenvalue weighted by Crippen LogP contribution is 2.53. The molecule has 18 nitrogen and oxygen atoms in total. The molecule has 2 saturated heterocycles. The monoisotopic (exact) mass is 586 g/mol. The van der Waals surface area contributed by atoms with E-state index >= 15 is 0 Å². The molecule has 2 aliphatic heterocycles. The number of phosphoric acid groups is 1. The van der Waals surface area contributed by atoms with Crippen molar-refractivity contribution in [2.45, 2.75) is 55.8 Å². The lowest BCUT2D eigenvalue weighted by atomic mass is 10.1. The highest BCUT2D eigenvalue weighted by molar-refractivity contribution is 7.48. The minimum absolute atomic E-state index is 0.0105. The molecule has 2 aromatic rings. The summed E-state index contributed by atoms with van der Waals surface area (Å²) in [7, 11) is -4.55. The molecule has 19 heteroatoms. The molecule has 4 rings (SSSR count). The number of aliphatic hydroxyl groups excluding tert-OH is 3. The summed E-state index contributed by atoms with van der Waals surface area (Å²) in [5.74, 6) is -0.0105. The number of hydrogen-bond acceptors (Lipinski definition) is 15. The Kier molecular flexibility index (Phi) is 9.30. The number of H-pyrrole nitrogens is 1. The molecule has 2 aromatic heterocycles. The standard InChI is InChI=1S/C21H27N6O12P/c22-4-1-7-35-40(34,39-11-8-16(37-12(11)9-28)26-5-2-14(23)24-20(26)32)36-10-13-17(30)18(31)19(38-13)27-6-3-15(29)25-21(27)33/h2-3,5-6,11-13,16-19,28,30-31H,1,7-10H2,(H2,23,24,32)(H,25,29,33)/t11-,12+,13+,16+,17+,18+,19+,40?/m0/s1. The molecule has 0 bridgehead atoms. The van der Waals surface area contributed by atoms with Crippen molar-refractivity contribution >= 4 is 13.6 Å². The number of ether oxygens (including phenoxy) is 2. The average molecular weight is 586 g/mol. The molecule has 8 atom stereocenters. The molecule has 40 heavy (non-hydrogen) atoms. The predicted molar refractivity (Wildman–Crippen MR) is 130 cm³/mol. The van der Waals surface area contributed by atoms with Gasteiger partial charge in [0.1, 0.15) is 42.6 Å². The zero-order valence-electron chi connectivity index (χ0n) is 20.7. The second-order valence-electron chi connectivity index (χ2n) is 8.78. The van der Waals surface area contributed by atoms with Crippen LogP contribution in [-0.4, -0.2) is 84.8 Å². The van der Waals surface area contributed by atoms with Crippen LogP contribution in [0.1, 0.15) is 25.3 Å². The van der Waals surface area contributed by atoms with Crippen molar-refractivity contribution in [3.8, 4) is 6.07 Å². The Morgan fingerprint density at radius 3 is 2.58 bits per heavy atom. The van der Waals surface area contributed by atoms with Gasteiger partial charge in [0.2, 0.25) is 0 Å². The smallest absolute Gasteiger partial charge is 0.394 e. The first-order valence-electron chi connectivity index (χ1n) is 11.9. The molecule has 0 amide bonds. The van der Waals surface area contributed by atoms with E-state index in [0.29, 0.717) is 0 Å². The van der Waals surface area contributed by atoms with E-state index in [4.69, 9.17) is 34.0 Å². The number of hydrogen-bond donors (Lipinski definition) is 5. The summed E-state index contributed by atoms with van der Waals surface area (Å²) < 4.78 is 42.9. The Morgan fingerprint density at radius 2 is 1.90 bits per heavy atom. The summed E-state index contributed by atoms with van der Waals surface area (Å²) in [4.78, 5) is 41.3. The fraction of sp³-hybridized carbons (Fsp3) is 0.571. The number of aromatic amines is 1. The lowest BCUT2D eigenvalue weighted by Crippen LogP contribution is -2.37. The van der Waals surface area contributed by atoms with Crippen molar-refractivity contribution in [2.75, 3.05) is 25.6 Å². The zero-order valence-corrected chi connectivity index (χ0v) is 21.6. The fourth-order valence-electron chi connectivity index (χ4n) is 4.15. The summed E-state index contributed by atoms with van der Waals surface area (Å²) in [6, 6.07) is 4.18. The normalized spacial score (nSPS) is 29.7. The summed E-state index contributed by atoms with van der Waals surface area (Å²) in [6.07, 6.45) is -7.05. The Labute approximate surface area is 224 Å². The van der Waals surface area contributed by atoms with Crippen molar-refractivity contribution in [3.05, 3.63) is 55.8 Å². The molecule has 0 spiro atoms. The maximum Gasteiger partial charge on any atom is 0.475 e. The topological polar surface area (TPSA) is 263 Å². The first-order chi connectivity index (χ1) is 19.0. The van der Waals surface area contributed by atoms with Crippen LogP contribution >= 0.6 is 7.82 Å². The van der Waals surface area contributed by atoms with E-state index < -0.39 is 81.0 Å². The Bertz CT molecular complexity index is 1450. The summed E-state index contributed by atoms with van der Waals surface area (Å²) in [5.41, 5.74) is 3.20. The molecule has 2 aliphatic rings. The number of aliphatic hydroxyl groups is 3. The van der Waals surface area contributed by atoms with Crippen LogP contribution in [0.4, 0.5) is 5.82 Å². The van der Waals surface area contributed by atoms with E-state index in [0.717, 1.165) is 21.4 Å². The van der Waals surface area contributed by atoms with E-state index in [2.05, 4.69) is 4.98 Å². The number of nitrogens with one attached hydrogen (secondary N) is 1. The van der Waals surface area contributed by atoms with Gasteiger partial charge < -0.3 is 30.5 Å². The highest BCUT2D eigenvalue weighted by atomic mass is 31.2. The number of anilines is 1. The van der Waals surface area contributed by atoms with Gasteiger partial charge in [-0.05, 0) is 6.07 Å². The van der Waals surface area contributed by atoms with Gasteiger partial charge in [-0.25, -0.2) is 14.2 Å². The van der Waals surface area contributed by atoms with Crippen molar-refractivity contribution in [1.29, 1.82) is 5.26 Å². The van der Waals surface area contributed by atoms with Crippen molar-refractivity contribution in [3.63, 3.8) is 0 Å². The predicted octanol–water partition coefficient (Wildman–Crippen LogP) is -2.29. The van der Waals surface area contributed by atoms with Crippen LogP contribution in [0.5, 0.6) is 0 Å². The lowest BCUT2D eigenvalue weighted by Gasteiger charge is -2.24. The van der Waals surface area contributed by atoms with Gasteiger partial charge in [0.25, 0.3) is 5.56 Å². The summed E-state index contributed by atoms with van der Waals surface area (Å²) in [5, 5.41) is 39.5. The summed E-state index contributed by atoms with van der Waals surface area (Å²) in [6.45, 7) is -1.64. The van der Waals surface area contributed by atoms with E-state index in [1.165, 1.54) is 12.3 Å². The Morgan fingerprint density at radius 1 is 1.15 bits per heavy atom. The van der Waals surface area contributed by atoms with Crippen LogP contribution in [0.3, 0.4) is 0 Å². The quantitative estimate of drug-likeness (QED) is 0.137. The minimum Gasteiger partial charge on any atom is -0.394 e. The van der Waals surface area contributed by atoms with Gasteiger partial charge in [-0.1, -0.05) is 0 Å². The van der Waals surface area contributed by atoms with Crippen LogP contribution in [0.15, 0.2) is 38.9 Å². The minimum atomic E-state index is -4.55. The van der Waals surface area contributed by atoms with E-state index in [1.807, 2.05) is 4.98 Å². The van der Waals surface area contributed by atoms with Gasteiger partial charge in [-0.15, -0.1) is 0 Å². The molecule has 0 aromatic carbocycles. The number of rotatable bonds is 11. The van der Waals surface area contributed by atoms with Gasteiger partial charge in [0, 0.05) is 24.9 Å². The van der Waals surface area contributed by atoms with E-state index in [9.17, 15) is 34.3 Å². The van der Waals surface area contributed by atoms with Crippen LogP contribution in [-0.2, 0) is 27.6 Å². The molecule has 4 heterocycles. The third-order valence-corrected chi connectivity index (χ3v) is 7.60. The number of nitrogens with zero attached hydrogens (tertiary/aromatic N) is 4. The van der Waals surface area contributed by atoms with Crippen molar-refractivity contribution in [1.82, 2.24) is 19.1 Å². The molecular formula is C21H27N6O12P. The van der Waals surface area contributed by atoms with Gasteiger partial charge in [-0.3, -0.25) is 32.5 Å². The summed E-state index contributed by atoms with van der Waals surface area (Å²) >= 11 is 0. The number of nitrogen functional groups attached to an aromatic ring is 1. The van der Waals surface area contributed by atoms with Crippen molar-refractivity contribution in [2.24, 2.45) is 0 Å². The van der Waals surface area contributed by atoms with Crippen LogP contribution < -0.4 is 22.7 Å². The maximum absolute atomic E-state index is 13.5. The molecule has 0 aliphatic carbocycles. The lowest BCUT2D eigenvalue weighted by molar-refractivity contribution is -0.0634. The van der Waals surface area contributed by atoms with Gasteiger partial charge in [-0.2, -0.15) is 10.2 Å². The maximum atomic E-state index is 13.5. The Hall–Kier alpha value is -3.24. The molecule has 2 fully saturated rings. The van der Waals surface area contributed by atoms with Gasteiger partial charge in [0.15, 0.2) is 6.23 Å². The molecule has 218 valence electrons. The number of phosphoric ester groups is 1. The zero-order chi connectivity index (χ0) is 29.0. The van der Waals surface area contributed by atoms with Gasteiger partial charge in [0.05, 0.1) is 32.3 Å². The number of aromatic nitrogens is 4. The van der Waals surface area contributed by atoms with Crippen molar-refractivity contribution < 1.29 is 42.9 Å².